The molecule has 0 saturated carbocycles. The smallest absolute Gasteiger partial charge is 0.321 e. The fourth-order valence-electron chi connectivity index (χ4n) is 3.58. The normalized spacial score (nSPS) is 13.8. The first-order valence-corrected chi connectivity index (χ1v) is 10.5. The Hall–Kier alpha value is -3.61. The molecule has 2 heterocycles. The number of hydrogen-bond donors (Lipinski definition) is 2. The van der Waals surface area contributed by atoms with E-state index in [2.05, 4.69) is 39.6 Å². The van der Waals surface area contributed by atoms with E-state index in [1.807, 2.05) is 61.2 Å². The lowest BCUT2D eigenvalue weighted by molar-refractivity contribution is 0.208. The first-order valence-electron chi connectivity index (χ1n) is 10.5. The number of hydrogen-bond acceptors (Lipinski definition) is 5. The Morgan fingerprint density at radius 1 is 0.903 bits per heavy atom. The molecule has 0 radical (unpaired) electrons. The number of piperazine rings is 1. The van der Waals surface area contributed by atoms with Crippen molar-refractivity contribution in [3.63, 3.8) is 0 Å². The zero-order valence-electron chi connectivity index (χ0n) is 18.2. The van der Waals surface area contributed by atoms with Crippen LogP contribution >= 0.6 is 0 Å². The number of para-hydroxylation sites is 1. The summed E-state index contributed by atoms with van der Waals surface area (Å²) >= 11 is 0. The number of urea groups is 1. The second-order valence-electron chi connectivity index (χ2n) is 7.90. The van der Waals surface area contributed by atoms with Gasteiger partial charge in [0.1, 0.15) is 5.82 Å². The summed E-state index contributed by atoms with van der Waals surface area (Å²) in [7, 11) is 0. The minimum atomic E-state index is -0.0606. The molecule has 0 spiro atoms. The summed E-state index contributed by atoms with van der Waals surface area (Å²) in [4.78, 5) is 25.9. The number of nitrogens with one attached hydrogen (secondary N) is 2. The van der Waals surface area contributed by atoms with Gasteiger partial charge in [0.05, 0.1) is 0 Å². The predicted octanol–water partition coefficient (Wildman–Crippen LogP) is 4.50. The zero-order chi connectivity index (χ0) is 21.8. The SMILES string of the molecule is Cc1ccc(Nc2nc(C)cc(N3CCN(C(=O)Nc4ccccc4C)CC3)n2)cc1. The number of nitrogens with zero attached hydrogens (tertiary/aromatic N) is 4. The molecule has 31 heavy (non-hydrogen) atoms. The molecule has 160 valence electrons. The molecule has 2 N–H and O–H groups in total. The van der Waals surface area contributed by atoms with E-state index in [0.717, 1.165) is 41.5 Å². The van der Waals surface area contributed by atoms with Crippen LogP contribution in [0.1, 0.15) is 16.8 Å². The van der Waals surface area contributed by atoms with Crippen LogP contribution in [-0.4, -0.2) is 47.1 Å². The van der Waals surface area contributed by atoms with Gasteiger partial charge in [-0.05, 0) is 44.5 Å². The van der Waals surface area contributed by atoms with Crippen molar-refractivity contribution in [1.82, 2.24) is 14.9 Å². The maximum Gasteiger partial charge on any atom is 0.321 e. The minimum absolute atomic E-state index is 0.0606. The summed E-state index contributed by atoms with van der Waals surface area (Å²) in [6.45, 7) is 8.75. The van der Waals surface area contributed by atoms with Gasteiger partial charge in [-0.2, -0.15) is 4.98 Å². The van der Waals surface area contributed by atoms with Crippen molar-refractivity contribution >= 4 is 29.2 Å². The molecule has 2 aromatic carbocycles. The lowest BCUT2D eigenvalue weighted by atomic mass is 10.2. The van der Waals surface area contributed by atoms with Crippen LogP contribution in [0.4, 0.5) is 27.9 Å². The van der Waals surface area contributed by atoms with E-state index < -0.39 is 0 Å². The van der Waals surface area contributed by atoms with Crippen molar-refractivity contribution in [2.75, 3.05) is 41.7 Å². The van der Waals surface area contributed by atoms with Crippen LogP contribution in [0.15, 0.2) is 54.6 Å². The summed E-state index contributed by atoms with van der Waals surface area (Å²) in [5, 5.41) is 6.30. The van der Waals surface area contributed by atoms with Crippen LogP contribution in [-0.2, 0) is 0 Å². The molecule has 7 heteroatoms. The highest BCUT2D eigenvalue weighted by atomic mass is 16.2. The van der Waals surface area contributed by atoms with Gasteiger partial charge in [-0.15, -0.1) is 0 Å². The first kappa shape index (κ1) is 20.7. The highest BCUT2D eigenvalue weighted by Gasteiger charge is 2.23. The van der Waals surface area contributed by atoms with E-state index in [9.17, 15) is 4.79 Å². The Balaban J connectivity index is 1.39. The average Bonchev–Trinajstić information content (AvgIpc) is 2.77. The maximum absolute atomic E-state index is 12.7. The summed E-state index contributed by atoms with van der Waals surface area (Å²) in [6, 6.07) is 17.9. The van der Waals surface area contributed by atoms with Crippen molar-refractivity contribution in [3.05, 3.63) is 71.4 Å². The van der Waals surface area contributed by atoms with Crippen LogP contribution in [0.25, 0.3) is 0 Å². The van der Waals surface area contributed by atoms with E-state index in [4.69, 9.17) is 4.98 Å². The molecule has 1 aliphatic rings. The second-order valence-corrected chi connectivity index (χ2v) is 7.90. The van der Waals surface area contributed by atoms with Gasteiger partial charge in [-0.1, -0.05) is 35.9 Å². The standard InChI is InChI=1S/C24H28N6O/c1-17-8-10-20(11-9-17)26-23-25-19(3)16-22(28-23)29-12-14-30(15-13-29)24(31)27-21-7-5-4-6-18(21)2/h4-11,16H,12-15H2,1-3H3,(H,27,31)(H,25,26,28). The van der Waals surface area contributed by atoms with Gasteiger partial charge in [0.2, 0.25) is 5.95 Å². The van der Waals surface area contributed by atoms with Gasteiger partial charge >= 0.3 is 6.03 Å². The van der Waals surface area contributed by atoms with Crippen molar-refractivity contribution in [2.24, 2.45) is 0 Å². The summed E-state index contributed by atoms with van der Waals surface area (Å²) in [5.41, 5.74) is 4.98. The summed E-state index contributed by atoms with van der Waals surface area (Å²) in [5.74, 6) is 1.46. The number of amides is 2. The summed E-state index contributed by atoms with van der Waals surface area (Å²) < 4.78 is 0. The largest absolute Gasteiger partial charge is 0.353 e. The van der Waals surface area contributed by atoms with E-state index in [-0.39, 0.29) is 6.03 Å². The fourth-order valence-corrected chi connectivity index (χ4v) is 3.58. The molecule has 7 nitrogen and oxygen atoms in total. The predicted molar refractivity (Wildman–Crippen MR) is 125 cm³/mol. The topological polar surface area (TPSA) is 73.4 Å². The molecule has 0 aliphatic carbocycles. The van der Waals surface area contributed by atoms with E-state index in [1.54, 1.807) is 0 Å². The van der Waals surface area contributed by atoms with Crippen molar-refractivity contribution in [1.29, 1.82) is 0 Å². The first-order chi connectivity index (χ1) is 15.0. The third kappa shape index (κ3) is 5.12. The number of aryl methyl sites for hydroxylation is 3. The third-order valence-corrected chi connectivity index (χ3v) is 5.43. The lowest BCUT2D eigenvalue weighted by Crippen LogP contribution is -2.50. The number of anilines is 4. The molecule has 2 amide bonds. The number of carbonyl (C=O) groups excluding carboxylic acids is 1. The van der Waals surface area contributed by atoms with Crippen LogP contribution in [0.3, 0.4) is 0 Å². The quantitative estimate of drug-likeness (QED) is 0.655. The average molecular weight is 417 g/mol. The van der Waals surface area contributed by atoms with Crippen LogP contribution in [0, 0.1) is 20.8 Å². The Kier molecular flexibility index (Phi) is 6.02. The number of rotatable bonds is 4. The maximum atomic E-state index is 12.7. The van der Waals surface area contributed by atoms with Gasteiger partial charge in [0.25, 0.3) is 0 Å². The Morgan fingerprint density at radius 3 is 2.32 bits per heavy atom. The molecule has 4 rings (SSSR count). The van der Waals surface area contributed by atoms with Crippen LogP contribution < -0.4 is 15.5 Å². The van der Waals surface area contributed by atoms with Gasteiger partial charge in [-0.3, -0.25) is 0 Å². The molecule has 1 aliphatic heterocycles. The molecule has 3 aromatic rings. The Labute approximate surface area is 183 Å². The molecule has 0 bridgehead atoms. The lowest BCUT2D eigenvalue weighted by Gasteiger charge is -2.35. The molecule has 0 atom stereocenters. The summed E-state index contributed by atoms with van der Waals surface area (Å²) in [6.07, 6.45) is 0. The Bertz CT molecular complexity index is 1060. The minimum Gasteiger partial charge on any atom is -0.353 e. The highest BCUT2D eigenvalue weighted by molar-refractivity contribution is 5.90. The zero-order valence-corrected chi connectivity index (χ0v) is 18.2. The number of carbonyl (C=O) groups is 1. The van der Waals surface area contributed by atoms with Crippen LogP contribution in [0.5, 0.6) is 0 Å². The Morgan fingerprint density at radius 2 is 1.61 bits per heavy atom. The van der Waals surface area contributed by atoms with Crippen LogP contribution in [0.2, 0.25) is 0 Å². The van der Waals surface area contributed by atoms with E-state index >= 15 is 0 Å². The van der Waals surface area contributed by atoms with Gasteiger partial charge in [0.15, 0.2) is 0 Å². The van der Waals surface area contributed by atoms with Gasteiger partial charge < -0.3 is 20.4 Å². The molecular formula is C24H28N6O. The van der Waals surface area contributed by atoms with Gasteiger partial charge in [-0.25, -0.2) is 9.78 Å². The van der Waals surface area contributed by atoms with Crippen molar-refractivity contribution < 1.29 is 4.79 Å². The number of aromatic nitrogens is 2. The molecule has 0 unspecified atom stereocenters. The fraction of sp³-hybridized carbons (Fsp3) is 0.292. The van der Waals surface area contributed by atoms with Crippen molar-refractivity contribution in [3.8, 4) is 0 Å². The highest BCUT2D eigenvalue weighted by Crippen LogP contribution is 2.21. The molecule has 1 fully saturated rings. The van der Waals surface area contributed by atoms with Gasteiger partial charge in [0, 0.05) is 49.3 Å². The van der Waals surface area contributed by atoms with Crippen molar-refractivity contribution in [2.45, 2.75) is 20.8 Å². The third-order valence-electron chi connectivity index (χ3n) is 5.43. The monoisotopic (exact) mass is 416 g/mol. The van der Waals surface area contributed by atoms with E-state index in [0.29, 0.717) is 19.0 Å². The molecular weight excluding hydrogens is 388 g/mol. The van der Waals surface area contributed by atoms with E-state index in [1.165, 1.54) is 5.56 Å². The second kappa shape index (κ2) is 9.04. The molecule has 1 aromatic heterocycles. The molecule has 1 saturated heterocycles. The number of benzene rings is 2.